The maximum absolute atomic E-state index is 13.2. The molecule has 3 rings (SSSR count). The van der Waals surface area contributed by atoms with Gasteiger partial charge in [0.1, 0.15) is 0 Å². The van der Waals surface area contributed by atoms with Crippen LogP contribution in [0.2, 0.25) is 0 Å². The van der Waals surface area contributed by atoms with Crippen LogP contribution in [0.25, 0.3) is 10.9 Å². The summed E-state index contributed by atoms with van der Waals surface area (Å²) in [5.41, 5.74) is 3.98. The number of nitrogens with zero attached hydrogens (tertiary/aromatic N) is 3. The maximum Gasteiger partial charge on any atom is 0.337 e. The monoisotopic (exact) mass is 481 g/mol. The lowest BCUT2D eigenvalue weighted by Crippen LogP contribution is -2.29. The number of benzene rings is 2. The molecule has 0 fully saturated rings. The number of rotatable bonds is 8. The van der Waals surface area contributed by atoms with E-state index < -0.39 is 5.97 Å². The lowest BCUT2D eigenvalue weighted by molar-refractivity contribution is -0.127. The van der Waals surface area contributed by atoms with Crippen molar-refractivity contribution in [1.29, 1.82) is 0 Å². The first-order chi connectivity index (χ1) is 16.1. The molecular weight excluding hydrogens is 450 g/mol. The third-order valence-corrected chi connectivity index (χ3v) is 6.51. The molecule has 0 radical (unpaired) electrons. The minimum Gasteiger partial charge on any atom is -0.465 e. The van der Waals surface area contributed by atoms with Crippen molar-refractivity contribution in [3.8, 4) is 0 Å². The summed E-state index contributed by atoms with van der Waals surface area (Å²) in [5.74, 6) is -0.187. The average molecular weight is 482 g/mol. The Bertz CT molecular complexity index is 1280. The molecule has 0 aliphatic heterocycles. The van der Waals surface area contributed by atoms with Gasteiger partial charge in [0.25, 0.3) is 5.56 Å². The predicted octanol–water partition coefficient (Wildman–Crippen LogP) is 4.21. The molecule has 0 bridgehead atoms. The van der Waals surface area contributed by atoms with Crippen molar-refractivity contribution in [3.63, 3.8) is 0 Å². The van der Waals surface area contributed by atoms with Gasteiger partial charge < -0.3 is 9.64 Å². The van der Waals surface area contributed by atoms with Gasteiger partial charge in [0.2, 0.25) is 5.91 Å². The number of ether oxygens (including phenoxy) is 1. The Hall–Kier alpha value is -3.13. The number of hydrogen-bond acceptors (Lipinski definition) is 6. The fraction of sp³-hybridized carbons (Fsp3) is 0.385. The summed E-state index contributed by atoms with van der Waals surface area (Å²) < 4.78 is 6.40. The van der Waals surface area contributed by atoms with Crippen LogP contribution in [0.3, 0.4) is 0 Å². The van der Waals surface area contributed by atoms with E-state index in [1.807, 2.05) is 39.8 Å². The van der Waals surface area contributed by atoms with Crippen molar-refractivity contribution in [2.75, 3.05) is 19.9 Å². The summed E-state index contributed by atoms with van der Waals surface area (Å²) >= 11 is 1.24. The van der Waals surface area contributed by atoms with Crippen molar-refractivity contribution < 1.29 is 14.3 Å². The number of amides is 1. The third kappa shape index (κ3) is 5.86. The predicted molar refractivity (Wildman–Crippen MR) is 135 cm³/mol. The zero-order valence-corrected chi connectivity index (χ0v) is 21.4. The Kier molecular flexibility index (Phi) is 8.15. The summed E-state index contributed by atoms with van der Waals surface area (Å²) in [6.07, 6.45) is 0. The van der Waals surface area contributed by atoms with Crippen LogP contribution in [0.4, 0.5) is 0 Å². The summed E-state index contributed by atoms with van der Waals surface area (Å²) in [6.45, 7) is 9.13. The molecule has 0 aliphatic rings. The zero-order valence-electron chi connectivity index (χ0n) is 20.5. The lowest BCUT2D eigenvalue weighted by Gasteiger charge is -2.19. The van der Waals surface area contributed by atoms with E-state index in [0.29, 0.717) is 34.7 Å². The molecular formula is C26H31N3O4S. The fourth-order valence-electron chi connectivity index (χ4n) is 3.69. The molecule has 1 heterocycles. The van der Waals surface area contributed by atoms with E-state index in [2.05, 4.69) is 11.1 Å². The van der Waals surface area contributed by atoms with Gasteiger partial charge in [-0.2, -0.15) is 0 Å². The number of hydrogen-bond donors (Lipinski definition) is 0. The molecule has 1 aromatic heterocycles. The number of carbonyl (C=O) groups excluding carboxylic acids is 2. The van der Waals surface area contributed by atoms with Crippen molar-refractivity contribution in [2.45, 2.75) is 45.9 Å². The Balaban J connectivity index is 1.86. The number of aryl methyl sites for hydroxylation is 2. The first-order valence-corrected chi connectivity index (χ1v) is 12.1. The number of methoxy groups -OCH3 is 1. The van der Waals surface area contributed by atoms with Gasteiger partial charge >= 0.3 is 5.97 Å². The molecule has 7 nitrogen and oxygen atoms in total. The number of esters is 1. The topological polar surface area (TPSA) is 81.5 Å². The summed E-state index contributed by atoms with van der Waals surface area (Å²) in [6, 6.07) is 10.9. The van der Waals surface area contributed by atoms with Crippen LogP contribution in [0, 0.1) is 19.8 Å². The molecule has 180 valence electrons. The van der Waals surface area contributed by atoms with E-state index >= 15 is 0 Å². The SMILES string of the molecule is COC(=O)c1ccc2c(=O)n(CC(C)C)c(SCC(=O)N(C)Cc3ccc(C)cc3C)nc2c1. The second-order valence-electron chi connectivity index (χ2n) is 8.90. The van der Waals surface area contributed by atoms with Gasteiger partial charge in [0.05, 0.1) is 29.3 Å². The molecule has 0 aliphatic carbocycles. The largest absolute Gasteiger partial charge is 0.465 e. The Morgan fingerprint density at radius 1 is 1.15 bits per heavy atom. The van der Waals surface area contributed by atoms with Crippen LogP contribution in [0.1, 0.15) is 40.9 Å². The molecule has 34 heavy (non-hydrogen) atoms. The average Bonchev–Trinajstić information content (AvgIpc) is 2.80. The van der Waals surface area contributed by atoms with Crippen molar-refractivity contribution in [3.05, 3.63) is 69.0 Å². The van der Waals surface area contributed by atoms with Gasteiger partial charge in [-0.15, -0.1) is 0 Å². The molecule has 0 N–H and O–H groups in total. The minimum atomic E-state index is -0.493. The van der Waals surface area contributed by atoms with Crippen LogP contribution in [-0.4, -0.2) is 46.2 Å². The first kappa shape index (κ1) is 25.5. The molecule has 0 unspecified atom stereocenters. The summed E-state index contributed by atoms with van der Waals surface area (Å²) in [4.78, 5) is 44.4. The molecule has 0 saturated heterocycles. The molecule has 0 saturated carbocycles. The molecule has 1 amide bonds. The van der Waals surface area contributed by atoms with Gasteiger partial charge in [-0.1, -0.05) is 49.4 Å². The highest BCUT2D eigenvalue weighted by atomic mass is 32.2. The highest BCUT2D eigenvalue weighted by Crippen LogP contribution is 2.21. The van der Waals surface area contributed by atoms with E-state index in [4.69, 9.17) is 4.74 Å². The van der Waals surface area contributed by atoms with Crippen molar-refractivity contribution in [1.82, 2.24) is 14.5 Å². The van der Waals surface area contributed by atoms with Gasteiger partial charge in [0.15, 0.2) is 5.16 Å². The highest BCUT2D eigenvalue weighted by Gasteiger charge is 2.18. The molecule has 8 heteroatoms. The van der Waals surface area contributed by atoms with E-state index in [1.54, 1.807) is 34.7 Å². The number of thioether (sulfide) groups is 1. The van der Waals surface area contributed by atoms with Crippen LogP contribution in [-0.2, 0) is 22.6 Å². The highest BCUT2D eigenvalue weighted by molar-refractivity contribution is 7.99. The number of carbonyl (C=O) groups is 2. The minimum absolute atomic E-state index is 0.0567. The van der Waals surface area contributed by atoms with Gasteiger partial charge in [0, 0.05) is 20.1 Å². The Morgan fingerprint density at radius 3 is 2.53 bits per heavy atom. The molecule has 3 aromatic rings. The molecule has 0 spiro atoms. The van der Waals surface area contributed by atoms with Crippen molar-refractivity contribution >= 4 is 34.5 Å². The first-order valence-electron chi connectivity index (χ1n) is 11.2. The third-order valence-electron chi connectivity index (χ3n) is 5.55. The van der Waals surface area contributed by atoms with E-state index in [-0.39, 0.29) is 23.1 Å². The smallest absolute Gasteiger partial charge is 0.337 e. The van der Waals surface area contributed by atoms with Crippen LogP contribution in [0.15, 0.2) is 46.3 Å². The summed E-state index contributed by atoms with van der Waals surface area (Å²) in [7, 11) is 3.09. The van der Waals surface area contributed by atoms with Crippen LogP contribution in [0.5, 0.6) is 0 Å². The lowest BCUT2D eigenvalue weighted by atomic mass is 10.1. The zero-order chi connectivity index (χ0) is 25.0. The van der Waals surface area contributed by atoms with Crippen LogP contribution < -0.4 is 5.56 Å². The standard InChI is InChI=1S/C26H31N3O4S/c1-16(2)13-29-24(31)21-10-9-19(25(32)33-6)12-22(21)27-26(29)34-15-23(30)28(5)14-20-8-7-17(3)11-18(20)4/h7-12,16H,13-15H2,1-6H3. The second-order valence-corrected chi connectivity index (χ2v) is 9.84. The van der Waals surface area contributed by atoms with Gasteiger partial charge in [-0.25, -0.2) is 9.78 Å². The second kappa shape index (κ2) is 10.9. The number of aromatic nitrogens is 2. The quantitative estimate of drug-likeness (QED) is 0.272. The van der Waals surface area contributed by atoms with E-state index in [9.17, 15) is 14.4 Å². The van der Waals surface area contributed by atoms with Gasteiger partial charge in [-0.05, 0) is 49.1 Å². The summed E-state index contributed by atoms with van der Waals surface area (Å²) in [5, 5.41) is 0.887. The van der Waals surface area contributed by atoms with E-state index in [1.165, 1.54) is 24.4 Å². The fourth-order valence-corrected chi connectivity index (χ4v) is 4.63. The Morgan fingerprint density at radius 2 is 1.88 bits per heavy atom. The number of fused-ring (bicyclic) bond motifs is 1. The van der Waals surface area contributed by atoms with Gasteiger partial charge in [-0.3, -0.25) is 14.2 Å². The normalized spacial score (nSPS) is 11.1. The maximum atomic E-state index is 13.2. The van der Waals surface area contributed by atoms with Crippen LogP contribution >= 0.6 is 11.8 Å². The van der Waals surface area contributed by atoms with Crippen molar-refractivity contribution in [2.24, 2.45) is 5.92 Å². The Labute approximate surface area is 204 Å². The molecule has 2 aromatic carbocycles. The molecule has 0 atom stereocenters. The van der Waals surface area contributed by atoms with E-state index in [0.717, 1.165) is 11.1 Å².